The van der Waals surface area contributed by atoms with Crippen LogP contribution >= 0.6 is 15.9 Å². The molecule has 152 valence electrons. The van der Waals surface area contributed by atoms with Crippen LogP contribution in [0.25, 0.3) is 0 Å². The minimum atomic E-state index is -0.513. The molecule has 0 aliphatic heterocycles. The summed E-state index contributed by atoms with van der Waals surface area (Å²) in [7, 11) is 0. The van der Waals surface area contributed by atoms with Gasteiger partial charge in [-0.25, -0.2) is 9.82 Å². The summed E-state index contributed by atoms with van der Waals surface area (Å²) in [6.07, 6.45) is 2.22. The van der Waals surface area contributed by atoms with Crippen molar-refractivity contribution >= 4 is 39.6 Å². The summed E-state index contributed by atoms with van der Waals surface area (Å²) in [6.45, 7) is 2.04. The SMILES string of the molecule is CCc1ccc(C(=O)Nc2ccc(Br)cc2C(=O)N/N=C/c2cccc(F)c2)cc1. The molecule has 3 rings (SSSR count). The number of hydrogen-bond donors (Lipinski definition) is 2. The van der Waals surface area contributed by atoms with E-state index in [1.54, 1.807) is 42.5 Å². The molecule has 0 spiro atoms. The van der Waals surface area contributed by atoms with Crippen molar-refractivity contribution in [1.82, 2.24) is 5.43 Å². The lowest BCUT2D eigenvalue weighted by Crippen LogP contribution is -2.21. The average Bonchev–Trinajstić information content (AvgIpc) is 2.75. The maximum atomic E-state index is 13.2. The van der Waals surface area contributed by atoms with Crippen molar-refractivity contribution in [3.05, 3.63) is 99.3 Å². The first-order valence-corrected chi connectivity index (χ1v) is 10.0. The van der Waals surface area contributed by atoms with E-state index in [4.69, 9.17) is 0 Å². The van der Waals surface area contributed by atoms with E-state index in [-0.39, 0.29) is 11.5 Å². The Balaban J connectivity index is 1.75. The Morgan fingerprint density at radius 3 is 2.50 bits per heavy atom. The minimum Gasteiger partial charge on any atom is -0.321 e. The van der Waals surface area contributed by atoms with Crippen LogP contribution in [0.15, 0.2) is 76.3 Å². The van der Waals surface area contributed by atoms with E-state index in [2.05, 4.69) is 31.8 Å². The first-order chi connectivity index (χ1) is 14.5. The van der Waals surface area contributed by atoms with Gasteiger partial charge >= 0.3 is 0 Å². The summed E-state index contributed by atoms with van der Waals surface area (Å²) in [6, 6.07) is 18.1. The number of anilines is 1. The fourth-order valence-corrected chi connectivity index (χ4v) is 3.07. The van der Waals surface area contributed by atoms with Crippen LogP contribution in [0.1, 0.15) is 38.8 Å². The number of halogens is 2. The summed E-state index contributed by atoms with van der Waals surface area (Å²) in [5.74, 6) is -1.23. The largest absolute Gasteiger partial charge is 0.321 e. The lowest BCUT2D eigenvalue weighted by atomic mass is 10.1. The smallest absolute Gasteiger partial charge is 0.273 e. The van der Waals surface area contributed by atoms with Crippen LogP contribution in [0.5, 0.6) is 0 Å². The van der Waals surface area contributed by atoms with Crippen molar-refractivity contribution in [2.45, 2.75) is 13.3 Å². The maximum Gasteiger partial charge on any atom is 0.273 e. The van der Waals surface area contributed by atoms with Crippen molar-refractivity contribution in [1.29, 1.82) is 0 Å². The molecule has 0 unspecified atom stereocenters. The molecule has 2 N–H and O–H groups in total. The molecule has 0 atom stereocenters. The molecule has 0 radical (unpaired) electrons. The number of benzene rings is 3. The number of hydrogen-bond acceptors (Lipinski definition) is 3. The molecule has 0 heterocycles. The summed E-state index contributed by atoms with van der Waals surface area (Å²) in [4.78, 5) is 25.2. The molecular weight excluding hydrogens is 449 g/mol. The molecule has 3 aromatic rings. The second-order valence-corrected chi connectivity index (χ2v) is 7.36. The van der Waals surface area contributed by atoms with E-state index in [9.17, 15) is 14.0 Å². The van der Waals surface area contributed by atoms with Gasteiger partial charge in [0.1, 0.15) is 5.82 Å². The van der Waals surface area contributed by atoms with E-state index >= 15 is 0 Å². The van der Waals surface area contributed by atoms with Crippen LogP contribution in [-0.4, -0.2) is 18.0 Å². The predicted molar refractivity (Wildman–Crippen MR) is 119 cm³/mol. The molecule has 2 amide bonds. The Bertz CT molecular complexity index is 1100. The lowest BCUT2D eigenvalue weighted by Gasteiger charge is -2.11. The van der Waals surface area contributed by atoms with Gasteiger partial charge in [-0.1, -0.05) is 47.1 Å². The van der Waals surface area contributed by atoms with E-state index in [1.165, 1.54) is 18.3 Å². The monoisotopic (exact) mass is 467 g/mol. The van der Waals surface area contributed by atoms with Crippen LogP contribution in [0, 0.1) is 5.82 Å². The van der Waals surface area contributed by atoms with Crippen LogP contribution in [-0.2, 0) is 6.42 Å². The number of nitrogens with zero attached hydrogens (tertiary/aromatic N) is 1. The highest BCUT2D eigenvalue weighted by atomic mass is 79.9. The molecule has 0 saturated heterocycles. The molecule has 0 aromatic heterocycles. The van der Waals surface area contributed by atoms with Gasteiger partial charge in [-0.3, -0.25) is 9.59 Å². The van der Waals surface area contributed by atoms with Crippen molar-refractivity contribution in [2.75, 3.05) is 5.32 Å². The Morgan fingerprint density at radius 1 is 1.03 bits per heavy atom. The van der Waals surface area contributed by atoms with Gasteiger partial charge in [0.05, 0.1) is 17.5 Å². The third-order valence-corrected chi connectivity index (χ3v) is 4.82. The van der Waals surface area contributed by atoms with Gasteiger partial charge in [0.2, 0.25) is 0 Å². The number of hydrazone groups is 1. The highest BCUT2D eigenvalue weighted by molar-refractivity contribution is 9.10. The van der Waals surface area contributed by atoms with Crippen LogP contribution in [0.4, 0.5) is 10.1 Å². The first-order valence-electron chi connectivity index (χ1n) is 9.25. The molecule has 0 saturated carbocycles. The number of carbonyl (C=O) groups excluding carboxylic acids is 2. The summed E-state index contributed by atoms with van der Waals surface area (Å²) >= 11 is 3.33. The number of nitrogens with one attached hydrogen (secondary N) is 2. The van der Waals surface area contributed by atoms with Gasteiger partial charge in [0.25, 0.3) is 11.8 Å². The zero-order valence-corrected chi connectivity index (χ0v) is 17.7. The second kappa shape index (κ2) is 9.93. The fourth-order valence-electron chi connectivity index (χ4n) is 2.71. The van der Waals surface area contributed by atoms with E-state index < -0.39 is 11.7 Å². The number of amides is 2. The van der Waals surface area contributed by atoms with Crippen molar-refractivity contribution in [2.24, 2.45) is 5.10 Å². The Kier molecular flexibility index (Phi) is 7.08. The van der Waals surface area contributed by atoms with Gasteiger partial charge in [-0.2, -0.15) is 5.10 Å². The molecule has 0 aliphatic carbocycles. The second-order valence-electron chi connectivity index (χ2n) is 6.45. The van der Waals surface area contributed by atoms with Crippen molar-refractivity contribution < 1.29 is 14.0 Å². The summed E-state index contributed by atoms with van der Waals surface area (Å²) < 4.78 is 13.9. The van der Waals surface area contributed by atoms with E-state index in [0.29, 0.717) is 21.3 Å². The molecule has 30 heavy (non-hydrogen) atoms. The van der Waals surface area contributed by atoms with Gasteiger partial charge < -0.3 is 5.32 Å². The lowest BCUT2D eigenvalue weighted by molar-refractivity contribution is 0.0956. The van der Waals surface area contributed by atoms with E-state index in [1.807, 2.05) is 19.1 Å². The highest BCUT2D eigenvalue weighted by Gasteiger charge is 2.15. The summed E-state index contributed by atoms with van der Waals surface area (Å²) in [5, 5.41) is 6.63. The number of rotatable bonds is 6. The first kappa shape index (κ1) is 21.4. The third kappa shape index (κ3) is 5.61. The maximum absolute atomic E-state index is 13.2. The molecule has 3 aromatic carbocycles. The van der Waals surface area contributed by atoms with Gasteiger partial charge in [-0.15, -0.1) is 0 Å². The predicted octanol–water partition coefficient (Wildman–Crippen LogP) is 5.17. The molecule has 7 heteroatoms. The molecular formula is C23H19BrFN3O2. The molecule has 0 aliphatic rings. The van der Waals surface area contributed by atoms with Crippen LogP contribution in [0.3, 0.4) is 0 Å². The van der Waals surface area contributed by atoms with Gasteiger partial charge in [0.15, 0.2) is 0 Å². The topological polar surface area (TPSA) is 70.6 Å². The standard InChI is InChI=1S/C23H19BrFN3O2/c1-2-15-6-8-17(9-7-15)22(29)27-21-11-10-18(24)13-20(21)23(30)28-26-14-16-4-3-5-19(25)12-16/h3-14H,2H2,1H3,(H,27,29)(H,28,30)/b26-14+. The van der Waals surface area contributed by atoms with Gasteiger partial charge in [0, 0.05) is 10.0 Å². The molecule has 0 fully saturated rings. The van der Waals surface area contributed by atoms with Crippen LogP contribution < -0.4 is 10.7 Å². The van der Waals surface area contributed by atoms with Crippen molar-refractivity contribution in [3.8, 4) is 0 Å². The number of aryl methyl sites for hydroxylation is 1. The Labute approximate surface area is 182 Å². The zero-order valence-electron chi connectivity index (χ0n) is 16.2. The van der Waals surface area contributed by atoms with E-state index in [0.717, 1.165) is 12.0 Å². The normalized spacial score (nSPS) is 10.8. The van der Waals surface area contributed by atoms with Crippen molar-refractivity contribution in [3.63, 3.8) is 0 Å². The minimum absolute atomic E-state index is 0.235. The third-order valence-electron chi connectivity index (χ3n) is 4.33. The highest BCUT2D eigenvalue weighted by Crippen LogP contribution is 2.22. The summed E-state index contributed by atoms with van der Waals surface area (Å²) in [5.41, 5.74) is 5.11. The quantitative estimate of drug-likeness (QED) is 0.387. The van der Waals surface area contributed by atoms with Gasteiger partial charge in [-0.05, 0) is 60.0 Å². The average molecular weight is 468 g/mol. The Hall–Kier alpha value is -3.32. The Morgan fingerprint density at radius 2 is 1.80 bits per heavy atom. The molecule has 5 nitrogen and oxygen atoms in total. The fraction of sp³-hybridized carbons (Fsp3) is 0.0870. The number of carbonyl (C=O) groups is 2. The zero-order chi connectivity index (χ0) is 21.5. The van der Waals surface area contributed by atoms with Crippen LogP contribution in [0.2, 0.25) is 0 Å². The molecule has 0 bridgehead atoms.